The maximum absolute atomic E-state index is 13.6. The molecule has 178 valence electrons. The van der Waals surface area contributed by atoms with Crippen LogP contribution in [0.5, 0.6) is 11.5 Å². The molecule has 0 bridgehead atoms. The predicted octanol–water partition coefficient (Wildman–Crippen LogP) is 7.70. The van der Waals surface area contributed by atoms with Crippen molar-refractivity contribution in [3.63, 3.8) is 0 Å². The molecule has 0 radical (unpaired) electrons. The van der Waals surface area contributed by atoms with Crippen molar-refractivity contribution >= 4 is 8.15 Å². The maximum Gasteiger partial charge on any atom is 0.126 e. The second kappa shape index (κ2) is 14.5. The minimum absolute atomic E-state index is 0.0808. The average molecular weight is 463 g/mol. The van der Waals surface area contributed by atoms with Crippen molar-refractivity contribution in [1.29, 1.82) is 0 Å². The Balaban J connectivity index is 0.000000200. The Morgan fingerprint density at radius 1 is 0.938 bits per heavy atom. The molecule has 0 heterocycles. The summed E-state index contributed by atoms with van der Waals surface area (Å²) < 4.78 is 23.9. The molecular formula is C27H40FO3P. The van der Waals surface area contributed by atoms with Crippen molar-refractivity contribution in [2.45, 2.75) is 76.3 Å². The van der Waals surface area contributed by atoms with E-state index in [1.165, 1.54) is 50.2 Å². The molecule has 2 fully saturated rings. The number of ether oxygens (including phenoxy) is 2. The lowest BCUT2D eigenvalue weighted by molar-refractivity contribution is 0.403. The van der Waals surface area contributed by atoms with E-state index in [9.17, 15) is 9.28 Å². The van der Waals surface area contributed by atoms with Gasteiger partial charge in [0.25, 0.3) is 0 Å². The van der Waals surface area contributed by atoms with Crippen molar-refractivity contribution in [1.82, 2.24) is 0 Å². The molecule has 32 heavy (non-hydrogen) atoms. The fourth-order valence-corrected chi connectivity index (χ4v) is 4.12. The topological polar surface area (TPSA) is 38.7 Å². The molecule has 0 saturated heterocycles. The zero-order valence-corrected chi connectivity index (χ0v) is 21.0. The van der Waals surface area contributed by atoms with Crippen LogP contribution < -0.4 is 9.47 Å². The van der Waals surface area contributed by atoms with Crippen LogP contribution in [0.15, 0.2) is 42.5 Å². The molecule has 4 rings (SSSR count). The summed E-state index contributed by atoms with van der Waals surface area (Å²) in [4.78, 5) is 9.44. The fraction of sp³-hybridized carbons (Fsp3) is 0.556. The Morgan fingerprint density at radius 2 is 1.53 bits per heavy atom. The highest BCUT2D eigenvalue weighted by Gasteiger charge is 2.19. The van der Waals surface area contributed by atoms with Crippen LogP contribution in [-0.2, 0) is 6.42 Å². The van der Waals surface area contributed by atoms with Crippen molar-refractivity contribution in [3.8, 4) is 11.5 Å². The van der Waals surface area contributed by atoms with Crippen LogP contribution in [0.2, 0.25) is 0 Å². The lowest BCUT2D eigenvalue weighted by Crippen LogP contribution is -2.06. The molecule has 5 heteroatoms. The van der Waals surface area contributed by atoms with Gasteiger partial charge in [0, 0.05) is 13.8 Å². The standard InChI is InChI=1S/C13H17FO.C11H17O2P.C3H6/c1-15-11-7-8-13(14)12(9-11)10-5-3-2-4-6-10;1-9(14(3)12)7-10-5-4-6-11(8-10)13-2;1-2-3-1/h7-10H,2-6H2,1H3;4-6,8-9,12H,7H2,1-3H3;1-3H2. The van der Waals surface area contributed by atoms with Crippen molar-refractivity contribution < 1.29 is 18.8 Å². The Hall–Kier alpha value is -1.64. The molecular weight excluding hydrogens is 422 g/mol. The number of benzene rings is 2. The van der Waals surface area contributed by atoms with Crippen molar-refractivity contribution in [2.75, 3.05) is 20.9 Å². The quantitative estimate of drug-likeness (QED) is 0.447. The zero-order chi connectivity index (χ0) is 23.3. The Kier molecular flexibility index (Phi) is 12.1. The highest BCUT2D eigenvalue weighted by molar-refractivity contribution is 7.51. The normalized spacial score (nSPS) is 17.1. The number of hydrogen-bond acceptors (Lipinski definition) is 3. The molecule has 2 aromatic carbocycles. The molecule has 3 nitrogen and oxygen atoms in total. The lowest BCUT2D eigenvalue weighted by Gasteiger charge is -2.22. The van der Waals surface area contributed by atoms with E-state index in [0.717, 1.165) is 36.3 Å². The van der Waals surface area contributed by atoms with Gasteiger partial charge >= 0.3 is 0 Å². The summed E-state index contributed by atoms with van der Waals surface area (Å²) >= 11 is 0. The number of hydrogen-bond donors (Lipinski definition) is 1. The van der Waals surface area contributed by atoms with E-state index in [1.807, 2.05) is 30.9 Å². The van der Waals surface area contributed by atoms with Gasteiger partial charge in [-0.05, 0) is 73.3 Å². The summed E-state index contributed by atoms with van der Waals surface area (Å²) in [5, 5.41) is 0. The lowest BCUT2D eigenvalue weighted by atomic mass is 9.84. The van der Waals surface area contributed by atoms with Gasteiger partial charge in [-0.15, -0.1) is 0 Å². The Labute approximate surface area is 195 Å². The van der Waals surface area contributed by atoms with Gasteiger partial charge < -0.3 is 14.4 Å². The van der Waals surface area contributed by atoms with Crippen LogP contribution in [0.3, 0.4) is 0 Å². The van der Waals surface area contributed by atoms with Gasteiger partial charge in [0.2, 0.25) is 0 Å². The summed E-state index contributed by atoms with van der Waals surface area (Å²) in [6.45, 7) is 3.96. The number of halogens is 1. The first kappa shape index (κ1) is 26.6. The minimum atomic E-state index is -0.840. The summed E-state index contributed by atoms with van der Waals surface area (Å²) in [5.74, 6) is 1.96. The second-order valence-electron chi connectivity index (χ2n) is 8.76. The van der Waals surface area contributed by atoms with Gasteiger partial charge in [-0.3, -0.25) is 0 Å². The third kappa shape index (κ3) is 9.88. The van der Waals surface area contributed by atoms with E-state index in [-0.39, 0.29) is 5.82 Å². The highest BCUT2D eigenvalue weighted by atomic mass is 31.1. The van der Waals surface area contributed by atoms with E-state index in [2.05, 4.69) is 13.0 Å². The molecule has 2 saturated carbocycles. The van der Waals surface area contributed by atoms with Gasteiger partial charge in [-0.25, -0.2) is 4.39 Å². The van der Waals surface area contributed by atoms with Crippen molar-refractivity contribution in [3.05, 3.63) is 59.4 Å². The minimum Gasteiger partial charge on any atom is -0.497 e. The fourth-order valence-electron chi connectivity index (χ4n) is 3.65. The first-order valence-corrected chi connectivity index (χ1v) is 13.6. The molecule has 2 aromatic rings. The largest absolute Gasteiger partial charge is 0.497 e. The molecule has 2 atom stereocenters. The Morgan fingerprint density at radius 3 is 2.09 bits per heavy atom. The summed E-state index contributed by atoms with van der Waals surface area (Å²) in [5.41, 5.74) is 2.41. The number of methoxy groups -OCH3 is 2. The van der Waals surface area contributed by atoms with E-state index < -0.39 is 8.15 Å². The van der Waals surface area contributed by atoms with Crippen LogP contribution in [0.25, 0.3) is 0 Å². The van der Waals surface area contributed by atoms with E-state index >= 15 is 0 Å². The van der Waals surface area contributed by atoms with Gasteiger partial charge in [0.15, 0.2) is 0 Å². The first-order valence-electron chi connectivity index (χ1n) is 11.8. The first-order chi connectivity index (χ1) is 15.4. The van der Waals surface area contributed by atoms with Crippen LogP contribution in [0, 0.1) is 5.82 Å². The SMILES string of the molecule is C1CC1.COc1ccc(F)c(C2CCCCC2)c1.COc1cccc(CC(C)P(C)O)c1. The molecule has 0 amide bonds. The van der Waals surface area contributed by atoms with Crippen LogP contribution in [-0.4, -0.2) is 31.4 Å². The van der Waals surface area contributed by atoms with Gasteiger partial charge in [0.1, 0.15) is 17.3 Å². The molecule has 0 spiro atoms. The molecule has 2 aliphatic rings. The highest BCUT2D eigenvalue weighted by Crippen LogP contribution is 2.35. The molecule has 0 aromatic heterocycles. The maximum atomic E-state index is 13.6. The number of rotatable bonds is 6. The predicted molar refractivity (Wildman–Crippen MR) is 134 cm³/mol. The molecule has 2 aliphatic carbocycles. The van der Waals surface area contributed by atoms with Crippen molar-refractivity contribution in [2.24, 2.45) is 0 Å². The zero-order valence-electron chi connectivity index (χ0n) is 20.1. The summed E-state index contributed by atoms with van der Waals surface area (Å²) in [6, 6.07) is 13.1. The molecule has 2 unspecified atom stereocenters. The second-order valence-corrected chi connectivity index (χ2v) is 10.8. The van der Waals surface area contributed by atoms with E-state index in [4.69, 9.17) is 9.47 Å². The monoisotopic (exact) mass is 462 g/mol. The Bertz CT molecular complexity index is 785. The van der Waals surface area contributed by atoms with Crippen LogP contribution >= 0.6 is 8.15 Å². The van der Waals surface area contributed by atoms with Gasteiger partial charge in [-0.2, -0.15) is 0 Å². The van der Waals surface area contributed by atoms with E-state index in [0.29, 0.717) is 11.6 Å². The van der Waals surface area contributed by atoms with E-state index in [1.54, 1.807) is 20.3 Å². The third-order valence-electron chi connectivity index (χ3n) is 5.90. The smallest absolute Gasteiger partial charge is 0.126 e. The summed E-state index contributed by atoms with van der Waals surface area (Å²) in [7, 11) is 2.45. The molecule has 1 N–H and O–H groups in total. The van der Waals surface area contributed by atoms with Crippen LogP contribution in [0.1, 0.15) is 75.3 Å². The molecule has 0 aliphatic heterocycles. The van der Waals surface area contributed by atoms with Gasteiger partial charge in [-0.1, -0.05) is 57.6 Å². The summed E-state index contributed by atoms with van der Waals surface area (Å²) in [6.07, 6.45) is 11.4. The van der Waals surface area contributed by atoms with Gasteiger partial charge in [0.05, 0.1) is 14.2 Å². The van der Waals surface area contributed by atoms with Crippen LogP contribution in [0.4, 0.5) is 4.39 Å². The average Bonchev–Trinajstić information content (AvgIpc) is 3.70. The third-order valence-corrected chi connectivity index (χ3v) is 7.36.